The van der Waals surface area contributed by atoms with Crippen LogP contribution in [0.4, 0.5) is 0 Å². The quantitative estimate of drug-likeness (QED) is 0.477. The van der Waals surface area contributed by atoms with Crippen LogP contribution < -0.4 is 0 Å². The predicted molar refractivity (Wildman–Crippen MR) is 61.5 cm³/mol. The number of ketones is 2. The summed E-state index contributed by atoms with van der Waals surface area (Å²) in [7, 11) is 0. The fourth-order valence-corrected chi connectivity index (χ4v) is 1.22. The lowest BCUT2D eigenvalue weighted by atomic mass is 10.1. The largest absolute Gasteiger partial charge is 0.341 e. The number of hydrogen-bond acceptors (Lipinski definition) is 3. The van der Waals surface area contributed by atoms with Gasteiger partial charge in [0.05, 0.1) is 0 Å². The molecule has 0 spiro atoms. The van der Waals surface area contributed by atoms with E-state index in [2.05, 4.69) is 21.8 Å². The zero-order valence-electron chi connectivity index (χ0n) is 8.81. The number of nitrogens with zero attached hydrogens (tertiary/aromatic N) is 1. The highest BCUT2D eigenvalue weighted by molar-refractivity contribution is 6.15. The van der Waals surface area contributed by atoms with E-state index in [-0.39, 0.29) is 11.6 Å². The van der Waals surface area contributed by atoms with Gasteiger partial charge in [0.1, 0.15) is 0 Å². The van der Waals surface area contributed by atoms with E-state index in [1.807, 2.05) is 0 Å². The number of benzene rings is 1. The smallest absolute Gasteiger partial charge is 0.271 e. The molecule has 0 aliphatic rings. The molecular formula is C13H8N2O2. The average molecular weight is 224 g/mol. The van der Waals surface area contributed by atoms with Crippen LogP contribution in [0.15, 0.2) is 42.7 Å². The average Bonchev–Trinajstić information content (AvgIpc) is 2.90. The highest BCUT2D eigenvalue weighted by Crippen LogP contribution is 1.98. The van der Waals surface area contributed by atoms with E-state index in [1.54, 1.807) is 30.3 Å². The number of rotatable bonds is 2. The first-order valence-electron chi connectivity index (χ1n) is 4.92. The first-order chi connectivity index (χ1) is 8.27. The SMILES string of the molecule is O=C(C#CC(=O)c1ncc[nH]1)c1ccccc1. The van der Waals surface area contributed by atoms with Crippen LogP contribution in [-0.4, -0.2) is 21.5 Å². The Balaban J connectivity index is 2.13. The van der Waals surface area contributed by atoms with Crippen LogP contribution in [0.5, 0.6) is 0 Å². The molecule has 0 aliphatic heterocycles. The second-order valence-corrected chi connectivity index (χ2v) is 3.21. The lowest BCUT2D eigenvalue weighted by Gasteiger charge is -1.90. The Morgan fingerprint density at radius 2 is 1.76 bits per heavy atom. The molecule has 0 saturated heterocycles. The van der Waals surface area contributed by atoms with Crippen LogP contribution in [-0.2, 0) is 0 Å². The number of imidazole rings is 1. The maximum absolute atomic E-state index is 11.6. The molecule has 0 radical (unpaired) electrons. The predicted octanol–water partition coefficient (Wildman–Crippen LogP) is 1.48. The molecule has 2 rings (SSSR count). The summed E-state index contributed by atoms with van der Waals surface area (Å²) in [5.74, 6) is 3.79. The summed E-state index contributed by atoms with van der Waals surface area (Å²) < 4.78 is 0. The monoisotopic (exact) mass is 224 g/mol. The Labute approximate surface area is 97.7 Å². The maximum Gasteiger partial charge on any atom is 0.271 e. The van der Waals surface area contributed by atoms with Gasteiger partial charge in [0, 0.05) is 18.0 Å². The fraction of sp³-hybridized carbons (Fsp3) is 0. The van der Waals surface area contributed by atoms with Gasteiger partial charge in [0.15, 0.2) is 5.82 Å². The number of Topliss-reactive ketones (excluding diaryl/α,β-unsaturated/α-hetero) is 2. The van der Waals surface area contributed by atoms with E-state index in [0.29, 0.717) is 5.56 Å². The molecule has 0 bridgehead atoms. The van der Waals surface area contributed by atoms with Crippen LogP contribution in [0.2, 0.25) is 0 Å². The van der Waals surface area contributed by atoms with Gasteiger partial charge >= 0.3 is 0 Å². The van der Waals surface area contributed by atoms with Gasteiger partial charge in [-0.05, 0) is 11.8 Å². The van der Waals surface area contributed by atoms with Crippen molar-refractivity contribution in [2.75, 3.05) is 0 Å². The summed E-state index contributed by atoms with van der Waals surface area (Å²) in [5.41, 5.74) is 0.465. The van der Waals surface area contributed by atoms with E-state index in [0.717, 1.165) is 0 Å². The Morgan fingerprint density at radius 1 is 1.06 bits per heavy atom. The second-order valence-electron chi connectivity index (χ2n) is 3.21. The molecule has 0 atom stereocenters. The molecule has 4 nitrogen and oxygen atoms in total. The summed E-state index contributed by atoms with van der Waals surface area (Å²) >= 11 is 0. The standard InChI is InChI=1S/C13H8N2O2/c16-11(10-4-2-1-3-5-10)6-7-12(17)13-14-8-9-15-13/h1-5,8-9H,(H,14,15). The molecule has 0 fully saturated rings. The van der Waals surface area contributed by atoms with E-state index >= 15 is 0 Å². The lowest BCUT2D eigenvalue weighted by Crippen LogP contribution is -2.00. The number of aromatic nitrogens is 2. The molecule has 0 unspecified atom stereocenters. The number of carbonyl (C=O) groups is 2. The van der Waals surface area contributed by atoms with E-state index < -0.39 is 5.78 Å². The van der Waals surface area contributed by atoms with Gasteiger partial charge in [-0.1, -0.05) is 30.3 Å². The topological polar surface area (TPSA) is 62.8 Å². The van der Waals surface area contributed by atoms with Gasteiger partial charge in [-0.3, -0.25) is 9.59 Å². The molecule has 1 aromatic carbocycles. The van der Waals surface area contributed by atoms with E-state index in [1.165, 1.54) is 12.4 Å². The summed E-state index contributed by atoms with van der Waals surface area (Å²) in [5, 5.41) is 0. The lowest BCUT2D eigenvalue weighted by molar-refractivity contribution is 0.103. The number of aromatic amines is 1. The van der Waals surface area contributed by atoms with Crippen molar-refractivity contribution < 1.29 is 9.59 Å². The van der Waals surface area contributed by atoms with Crippen LogP contribution in [0.1, 0.15) is 21.0 Å². The molecule has 1 aromatic heterocycles. The minimum Gasteiger partial charge on any atom is -0.341 e. The van der Waals surface area contributed by atoms with Crippen LogP contribution in [0.25, 0.3) is 0 Å². The Hall–Kier alpha value is -2.67. The molecule has 17 heavy (non-hydrogen) atoms. The van der Waals surface area contributed by atoms with Crippen LogP contribution in [0, 0.1) is 11.8 Å². The van der Waals surface area contributed by atoms with E-state index in [9.17, 15) is 9.59 Å². The highest BCUT2D eigenvalue weighted by atomic mass is 16.1. The van der Waals surface area contributed by atoms with Gasteiger partial charge in [0.25, 0.3) is 5.78 Å². The van der Waals surface area contributed by atoms with Crippen molar-refractivity contribution in [3.63, 3.8) is 0 Å². The minimum absolute atomic E-state index is 0.137. The van der Waals surface area contributed by atoms with Crippen molar-refractivity contribution >= 4 is 11.6 Å². The third-order valence-corrected chi connectivity index (χ3v) is 2.04. The molecular weight excluding hydrogens is 216 g/mol. The zero-order chi connectivity index (χ0) is 12.1. The molecule has 4 heteroatoms. The van der Waals surface area contributed by atoms with Crippen molar-refractivity contribution in [2.24, 2.45) is 0 Å². The van der Waals surface area contributed by atoms with Gasteiger partial charge in [-0.15, -0.1) is 0 Å². The second kappa shape index (κ2) is 4.90. The Morgan fingerprint density at radius 3 is 2.41 bits per heavy atom. The van der Waals surface area contributed by atoms with E-state index in [4.69, 9.17) is 0 Å². The Bertz CT molecular complexity index is 589. The van der Waals surface area contributed by atoms with Crippen molar-refractivity contribution in [1.82, 2.24) is 9.97 Å². The van der Waals surface area contributed by atoms with Gasteiger partial charge in [0.2, 0.25) is 5.78 Å². The minimum atomic E-state index is -0.501. The van der Waals surface area contributed by atoms with Crippen molar-refractivity contribution in [1.29, 1.82) is 0 Å². The summed E-state index contributed by atoms with van der Waals surface area (Å²) in [6.45, 7) is 0. The Kier molecular flexibility index (Phi) is 3.13. The third kappa shape index (κ3) is 2.67. The summed E-state index contributed by atoms with van der Waals surface area (Å²) in [6.07, 6.45) is 2.97. The van der Waals surface area contributed by atoms with Gasteiger partial charge in [-0.25, -0.2) is 4.98 Å². The molecule has 82 valence electrons. The normalized spacial score (nSPS) is 9.18. The van der Waals surface area contributed by atoms with Crippen LogP contribution in [0.3, 0.4) is 0 Å². The third-order valence-electron chi connectivity index (χ3n) is 2.04. The summed E-state index contributed by atoms with van der Waals surface area (Å²) in [4.78, 5) is 29.4. The molecule has 1 N–H and O–H groups in total. The first kappa shape index (κ1) is 10.8. The molecule has 1 heterocycles. The van der Waals surface area contributed by atoms with Gasteiger partial charge < -0.3 is 4.98 Å². The first-order valence-corrected chi connectivity index (χ1v) is 4.92. The number of hydrogen-bond donors (Lipinski definition) is 1. The number of nitrogens with one attached hydrogen (secondary N) is 1. The van der Waals surface area contributed by atoms with Crippen LogP contribution >= 0.6 is 0 Å². The fourth-order valence-electron chi connectivity index (χ4n) is 1.22. The molecule has 0 aliphatic carbocycles. The molecule has 2 aromatic rings. The van der Waals surface area contributed by atoms with Crippen molar-refractivity contribution in [3.05, 3.63) is 54.1 Å². The molecule has 0 amide bonds. The van der Waals surface area contributed by atoms with Crippen molar-refractivity contribution in [3.8, 4) is 11.8 Å². The highest BCUT2D eigenvalue weighted by Gasteiger charge is 2.05. The van der Waals surface area contributed by atoms with Gasteiger partial charge in [-0.2, -0.15) is 0 Å². The zero-order valence-corrected chi connectivity index (χ0v) is 8.81. The molecule has 0 saturated carbocycles. The maximum atomic E-state index is 11.6. The summed E-state index contributed by atoms with van der Waals surface area (Å²) in [6, 6.07) is 8.58. The number of carbonyl (C=O) groups excluding carboxylic acids is 2. The number of H-pyrrole nitrogens is 1. The van der Waals surface area contributed by atoms with Crippen molar-refractivity contribution in [2.45, 2.75) is 0 Å².